The molecule has 2 aromatic rings. The lowest BCUT2D eigenvalue weighted by Gasteiger charge is -2.31. The highest BCUT2D eigenvalue weighted by Gasteiger charge is 2.22. The summed E-state index contributed by atoms with van der Waals surface area (Å²) < 4.78 is 7.23. The number of likely N-dealkylation sites (tertiary alicyclic amines) is 1. The van der Waals surface area contributed by atoms with Crippen LogP contribution in [0.3, 0.4) is 0 Å². The average molecular weight is 372 g/mol. The van der Waals surface area contributed by atoms with Crippen LogP contribution in [0, 0.1) is 12.8 Å². The molecular weight excluding hydrogens is 338 g/mol. The Morgan fingerprint density at radius 3 is 2.37 bits per heavy atom. The number of amides is 1. The van der Waals surface area contributed by atoms with Gasteiger partial charge in [-0.25, -0.2) is 0 Å². The fourth-order valence-corrected chi connectivity index (χ4v) is 3.52. The molecule has 1 aliphatic heterocycles. The molecule has 5 nitrogen and oxygen atoms in total. The summed E-state index contributed by atoms with van der Waals surface area (Å²) >= 11 is 0. The van der Waals surface area contributed by atoms with Crippen molar-refractivity contribution in [3.63, 3.8) is 0 Å². The molecule has 27 heavy (non-hydrogen) atoms. The van der Waals surface area contributed by atoms with E-state index in [9.17, 15) is 4.79 Å². The van der Waals surface area contributed by atoms with Gasteiger partial charge in [0.2, 0.25) is 5.91 Å². The molecule has 5 heteroatoms. The van der Waals surface area contributed by atoms with Crippen molar-refractivity contribution in [1.29, 1.82) is 0 Å². The largest absolute Gasteiger partial charge is 0.497 e. The highest BCUT2D eigenvalue weighted by Crippen LogP contribution is 2.23. The number of hydrogen-bond donors (Lipinski definition) is 0. The van der Waals surface area contributed by atoms with E-state index in [1.165, 1.54) is 11.1 Å². The van der Waals surface area contributed by atoms with Crippen molar-refractivity contribution < 1.29 is 9.53 Å². The first-order chi connectivity index (χ1) is 13.0. The molecule has 1 aromatic carbocycles. The van der Waals surface area contributed by atoms with Crippen molar-refractivity contribution in [1.82, 2.24) is 14.7 Å². The second-order valence-electron chi connectivity index (χ2n) is 6.94. The van der Waals surface area contributed by atoms with Crippen LogP contribution in [0.4, 0.5) is 0 Å². The van der Waals surface area contributed by atoms with Crippen molar-refractivity contribution in [2.75, 3.05) is 20.2 Å². The first kappa shape index (κ1) is 21.0. The molecule has 3 rings (SSSR count). The lowest BCUT2D eigenvalue weighted by molar-refractivity contribution is -0.130. The number of aromatic nitrogens is 2. The topological polar surface area (TPSA) is 47.4 Å². The van der Waals surface area contributed by atoms with Gasteiger partial charge >= 0.3 is 0 Å². The smallest absolute Gasteiger partial charge is 0.219 e. The molecule has 1 saturated heterocycles. The monoisotopic (exact) mass is 371 g/mol. The van der Waals surface area contributed by atoms with Gasteiger partial charge in [0.05, 0.1) is 19.3 Å². The summed E-state index contributed by atoms with van der Waals surface area (Å²) in [5.41, 5.74) is 3.65. The first-order valence-corrected chi connectivity index (χ1v) is 9.96. The maximum Gasteiger partial charge on any atom is 0.219 e. The predicted molar refractivity (Wildman–Crippen MR) is 109 cm³/mol. The van der Waals surface area contributed by atoms with Crippen LogP contribution < -0.4 is 4.74 Å². The minimum absolute atomic E-state index is 0.196. The molecule has 0 radical (unpaired) electrons. The summed E-state index contributed by atoms with van der Waals surface area (Å²) in [5.74, 6) is 1.72. The summed E-state index contributed by atoms with van der Waals surface area (Å²) in [6.07, 6.45) is 5.41. The molecule has 1 aromatic heterocycles. The molecule has 0 unspecified atom stereocenters. The molecule has 0 N–H and O–H groups in total. The van der Waals surface area contributed by atoms with E-state index < -0.39 is 0 Å². The van der Waals surface area contributed by atoms with Gasteiger partial charge in [-0.15, -0.1) is 0 Å². The lowest BCUT2D eigenvalue weighted by atomic mass is 9.90. The number of rotatable bonds is 5. The number of carbonyl (C=O) groups excluding carboxylic acids is 1. The Labute approximate surface area is 163 Å². The van der Waals surface area contributed by atoms with Crippen LogP contribution in [0.25, 0.3) is 0 Å². The predicted octanol–water partition coefficient (Wildman–Crippen LogP) is 4.08. The van der Waals surface area contributed by atoms with Gasteiger partial charge < -0.3 is 9.64 Å². The summed E-state index contributed by atoms with van der Waals surface area (Å²) in [4.78, 5) is 13.4. The molecule has 2 heterocycles. The van der Waals surface area contributed by atoms with Crippen LogP contribution in [-0.2, 0) is 17.8 Å². The molecule has 0 spiro atoms. The van der Waals surface area contributed by atoms with Gasteiger partial charge in [-0.2, -0.15) is 5.10 Å². The first-order valence-electron chi connectivity index (χ1n) is 9.96. The molecule has 1 aliphatic rings. The minimum atomic E-state index is 0.196. The van der Waals surface area contributed by atoms with E-state index in [4.69, 9.17) is 4.74 Å². The number of benzene rings is 1. The molecule has 148 valence electrons. The quantitative estimate of drug-likeness (QED) is 0.796. The van der Waals surface area contributed by atoms with Gasteiger partial charge in [0.25, 0.3) is 0 Å². The zero-order chi connectivity index (χ0) is 19.8. The van der Waals surface area contributed by atoms with E-state index in [1.54, 1.807) is 14.0 Å². The van der Waals surface area contributed by atoms with Crippen LogP contribution in [-0.4, -0.2) is 40.8 Å². The molecule has 0 saturated carbocycles. The standard InChI is InChI=1S/C20H27N3O2.C2H6/c1-15-19(12-17-8-10-22(11-9-17)16(2)24)14-23(21-15)13-18-4-6-20(25-3)7-5-18;1-2/h4-7,14,17H,8-13H2,1-3H3;1-2H3. The molecule has 0 bridgehead atoms. The average Bonchev–Trinajstić information content (AvgIpc) is 3.03. The lowest BCUT2D eigenvalue weighted by Crippen LogP contribution is -2.37. The van der Waals surface area contributed by atoms with Crippen LogP contribution in [0.5, 0.6) is 5.75 Å². The van der Waals surface area contributed by atoms with Crippen LogP contribution >= 0.6 is 0 Å². The van der Waals surface area contributed by atoms with Gasteiger partial charge in [-0.05, 0) is 55.4 Å². The SMILES string of the molecule is CC.COc1ccc(Cn2cc(CC3CCN(C(C)=O)CC3)c(C)n2)cc1. The maximum atomic E-state index is 11.4. The summed E-state index contributed by atoms with van der Waals surface area (Å²) in [5, 5.41) is 4.68. The Morgan fingerprint density at radius 1 is 1.19 bits per heavy atom. The fraction of sp³-hybridized carbons (Fsp3) is 0.545. The summed E-state index contributed by atoms with van der Waals surface area (Å²) in [6, 6.07) is 8.12. The molecule has 1 amide bonds. The van der Waals surface area contributed by atoms with Crippen molar-refractivity contribution in [3.05, 3.63) is 47.3 Å². The number of methoxy groups -OCH3 is 1. The Bertz CT molecular complexity index is 714. The van der Waals surface area contributed by atoms with E-state index in [-0.39, 0.29) is 5.91 Å². The van der Waals surface area contributed by atoms with Gasteiger partial charge in [0, 0.05) is 26.2 Å². The highest BCUT2D eigenvalue weighted by atomic mass is 16.5. The van der Waals surface area contributed by atoms with Crippen LogP contribution in [0.2, 0.25) is 0 Å². The number of aryl methyl sites for hydroxylation is 1. The number of piperidine rings is 1. The number of ether oxygens (including phenoxy) is 1. The van der Waals surface area contributed by atoms with E-state index in [2.05, 4.69) is 30.4 Å². The van der Waals surface area contributed by atoms with Crippen molar-refractivity contribution in [3.8, 4) is 5.75 Å². The fourth-order valence-electron chi connectivity index (χ4n) is 3.52. The van der Waals surface area contributed by atoms with Gasteiger partial charge in [-0.1, -0.05) is 26.0 Å². The zero-order valence-electron chi connectivity index (χ0n) is 17.4. The van der Waals surface area contributed by atoms with Crippen LogP contribution in [0.15, 0.2) is 30.5 Å². The Balaban J connectivity index is 0.00000126. The maximum absolute atomic E-state index is 11.4. The van der Waals surface area contributed by atoms with E-state index >= 15 is 0 Å². The third kappa shape index (κ3) is 5.84. The molecular formula is C22H33N3O2. The number of hydrogen-bond acceptors (Lipinski definition) is 3. The normalized spacial score (nSPS) is 14.5. The second kappa shape index (κ2) is 10.1. The van der Waals surface area contributed by atoms with E-state index in [1.807, 2.05) is 35.6 Å². The summed E-state index contributed by atoms with van der Waals surface area (Å²) in [6.45, 7) is 10.3. The highest BCUT2D eigenvalue weighted by molar-refractivity contribution is 5.73. The van der Waals surface area contributed by atoms with Gasteiger partial charge in [-0.3, -0.25) is 9.48 Å². The zero-order valence-corrected chi connectivity index (χ0v) is 17.4. The van der Waals surface area contributed by atoms with E-state index in [0.717, 1.165) is 50.3 Å². The number of carbonyl (C=O) groups is 1. The molecule has 1 fully saturated rings. The molecule has 0 aliphatic carbocycles. The Morgan fingerprint density at radius 2 is 1.81 bits per heavy atom. The van der Waals surface area contributed by atoms with E-state index in [0.29, 0.717) is 5.92 Å². The third-order valence-electron chi connectivity index (χ3n) is 5.12. The van der Waals surface area contributed by atoms with Gasteiger partial charge in [0.15, 0.2) is 0 Å². The van der Waals surface area contributed by atoms with Crippen molar-refractivity contribution in [2.45, 2.75) is 53.5 Å². The number of nitrogens with zero attached hydrogens (tertiary/aromatic N) is 3. The minimum Gasteiger partial charge on any atom is -0.497 e. The summed E-state index contributed by atoms with van der Waals surface area (Å²) in [7, 11) is 1.68. The van der Waals surface area contributed by atoms with Crippen molar-refractivity contribution >= 4 is 5.91 Å². The third-order valence-corrected chi connectivity index (χ3v) is 5.12. The van der Waals surface area contributed by atoms with Crippen LogP contribution in [0.1, 0.15) is 50.4 Å². The van der Waals surface area contributed by atoms with Crippen molar-refractivity contribution in [2.24, 2.45) is 5.92 Å². The second-order valence-corrected chi connectivity index (χ2v) is 6.94. The Kier molecular flexibility index (Phi) is 7.89. The van der Waals surface area contributed by atoms with Gasteiger partial charge in [0.1, 0.15) is 5.75 Å². The Hall–Kier alpha value is -2.30. The molecule has 0 atom stereocenters.